The van der Waals surface area contributed by atoms with Gasteiger partial charge in [-0.05, 0) is 30.5 Å². The van der Waals surface area contributed by atoms with Gasteiger partial charge in [0.1, 0.15) is 11.7 Å². The maximum atomic E-state index is 13.0. The van der Waals surface area contributed by atoms with E-state index in [1.165, 1.54) is 12.6 Å². The van der Waals surface area contributed by atoms with Crippen LogP contribution in [0, 0.1) is 0 Å². The maximum absolute atomic E-state index is 13.0. The van der Waals surface area contributed by atoms with Gasteiger partial charge in [0.15, 0.2) is 0 Å². The van der Waals surface area contributed by atoms with Crippen molar-refractivity contribution in [1.29, 1.82) is 0 Å². The zero-order chi connectivity index (χ0) is 19.1. The zero-order valence-electron chi connectivity index (χ0n) is 15.2. The predicted octanol–water partition coefficient (Wildman–Crippen LogP) is 3.83. The van der Waals surface area contributed by atoms with Gasteiger partial charge >= 0.3 is 0 Å². The second kappa shape index (κ2) is 9.51. The highest BCUT2D eigenvalue weighted by Gasteiger charge is 2.28. The average molecular weight is 386 g/mol. The van der Waals surface area contributed by atoms with Crippen LogP contribution in [0.5, 0.6) is 0 Å². The van der Waals surface area contributed by atoms with Crippen molar-refractivity contribution in [2.45, 2.75) is 44.7 Å². The van der Waals surface area contributed by atoms with E-state index in [0.717, 1.165) is 31.2 Å². The first-order valence-electron chi connectivity index (χ1n) is 9.36. The van der Waals surface area contributed by atoms with Gasteiger partial charge in [-0.25, -0.2) is 4.98 Å². The molecule has 27 heavy (non-hydrogen) atoms. The lowest BCUT2D eigenvalue weighted by molar-refractivity contribution is -0.122. The van der Waals surface area contributed by atoms with E-state index in [0.29, 0.717) is 17.3 Å². The van der Waals surface area contributed by atoms with Gasteiger partial charge in [0.25, 0.3) is 5.91 Å². The fraction of sp³-hybridized carbons (Fsp3) is 0.381. The van der Waals surface area contributed by atoms with Gasteiger partial charge in [-0.15, -0.1) is 0 Å². The molecule has 2 aromatic rings. The van der Waals surface area contributed by atoms with E-state index in [1.54, 1.807) is 17.0 Å². The molecule has 1 saturated carbocycles. The van der Waals surface area contributed by atoms with Gasteiger partial charge in [-0.3, -0.25) is 9.59 Å². The molecule has 3 rings (SSSR count). The maximum Gasteiger partial charge on any atom is 0.256 e. The molecule has 0 saturated heterocycles. The van der Waals surface area contributed by atoms with E-state index in [4.69, 9.17) is 11.6 Å². The lowest BCUT2D eigenvalue weighted by Gasteiger charge is -2.34. The Morgan fingerprint density at radius 3 is 2.48 bits per heavy atom. The first-order chi connectivity index (χ1) is 13.1. The van der Waals surface area contributed by atoms with E-state index in [1.807, 2.05) is 30.3 Å². The molecular weight excluding hydrogens is 362 g/mol. The molecule has 1 aliphatic carbocycles. The number of pyridine rings is 1. The monoisotopic (exact) mass is 385 g/mol. The van der Waals surface area contributed by atoms with Gasteiger partial charge in [0.05, 0.1) is 5.56 Å². The SMILES string of the molecule is O=C(CN(C(=O)c1ccc(Cl)nc1)C1CCCCC1)NCc1ccccc1. The topological polar surface area (TPSA) is 62.3 Å². The van der Waals surface area contributed by atoms with E-state index in [2.05, 4.69) is 10.3 Å². The largest absolute Gasteiger partial charge is 0.350 e. The summed E-state index contributed by atoms with van der Waals surface area (Å²) in [5, 5.41) is 3.26. The van der Waals surface area contributed by atoms with Crippen LogP contribution in [0.4, 0.5) is 0 Å². The second-order valence-electron chi connectivity index (χ2n) is 6.86. The van der Waals surface area contributed by atoms with E-state index < -0.39 is 0 Å². The highest BCUT2D eigenvalue weighted by molar-refractivity contribution is 6.29. The third-order valence-electron chi connectivity index (χ3n) is 4.90. The minimum Gasteiger partial charge on any atom is -0.350 e. The number of hydrogen-bond donors (Lipinski definition) is 1. The van der Waals surface area contributed by atoms with Crippen molar-refractivity contribution in [2.75, 3.05) is 6.54 Å². The molecule has 142 valence electrons. The predicted molar refractivity (Wildman–Crippen MR) is 105 cm³/mol. The van der Waals surface area contributed by atoms with Crippen molar-refractivity contribution in [3.05, 3.63) is 64.9 Å². The molecule has 0 radical (unpaired) electrons. The van der Waals surface area contributed by atoms with Crippen molar-refractivity contribution in [1.82, 2.24) is 15.2 Å². The smallest absolute Gasteiger partial charge is 0.256 e. The molecule has 1 aliphatic rings. The minimum atomic E-state index is -0.166. The minimum absolute atomic E-state index is 0.0545. The molecule has 1 aromatic carbocycles. The van der Waals surface area contributed by atoms with Gasteiger partial charge in [0, 0.05) is 18.8 Å². The molecule has 6 heteroatoms. The number of carbonyl (C=O) groups excluding carboxylic acids is 2. The molecule has 2 amide bonds. The van der Waals surface area contributed by atoms with Crippen molar-refractivity contribution in [3.8, 4) is 0 Å². The summed E-state index contributed by atoms with van der Waals surface area (Å²) in [6, 6.07) is 13.1. The van der Waals surface area contributed by atoms with Crippen LogP contribution in [0.1, 0.15) is 48.0 Å². The van der Waals surface area contributed by atoms with Crippen LogP contribution in [-0.2, 0) is 11.3 Å². The molecular formula is C21H24ClN3O2. The first kappa shape index (κ1) is 19.4. The fourth-order valence-corrected chi connectivity index (χ4v) is 3.55. The van der Waals surface area contributed by atoms with Gasteiger partial charge in [0.2, 0.25) is 5.91 Å². The van der Waals surface area contributed by atoms with Crippen molar-refractivity contribution in [2.24, 2.45) is 0 Å². The van der Waals surface area contributed by atoms with Crippen LogP contribution < -0.4 is 5.32 Å². The molecule has 5 nitrogen and oxygen atoms in total. The number of amides is 2. The highest BCUT2D eigenvalue weighted by Crippen LogP contribution is 2.24. The van der Waals surface area contributed by atoms with Gasteiger partial charge in [-0.2, -0.15) is 0 Å². The zero-order valence-corrected chi connectivity index (χ0v) is 16.0. The third kappa shape index (κ3) is 5.54. The van der Waals surface area contributed by atoms with Crippen LogP contribution in [0.15, 0.2) is 48.7 Å². The molecule has 1 N–H and O–H groups in total. The van der Waals surface area contributed by atoms with Gasteiger partial charge < -0.3 is 10.2 Å². The molecule has 0 atom stereocenters. The first-order valence-corrected chi connectivity index (χ1v) is 9.74. The van der Waals surface area contributed by atoms with Crippen LogP contribution in [-0.4, -0.2) is 34.3 Å². The standard InChI is InChI=1S/C21H24ClN3O2/c22-19-12-11-17(14-23-19)21(27)25(18-9-5-2-6-10-18)15-20(26)24-13-16-7-3-1-4-8-16/h1,3-4,7-8,11-12,14,18H,2,5-6,9-10,13,15H2,(H,24,26). The molecule has 0 unspecified atom stereocenters. The van der Waals surface area contributed by atoms with E-state index in [-0.39, 0.29) is 24.4 Å². The Morgan fingerprint density at radius 1 is 1.07 bits per heavy atom. The summed E-state index contributed by atoms with van der Waals surface area (Å²) in [7, 11) is 0. The normalized spacial score (nSPS) is 14.6. The number of benzene rings is 1. The lowest BCUT2D eigenvalue weighted by atomic mass is 9.93. The Bertz CT molecular complexity index is 759. The molecule has 0 bridgehead atoms. The van der Waals surface area contributed by atoms with Crippen molar-refractivity contribution >= 4 is 23.4 Å². The van der Waals surface area contributed by atoms with Crippen molar-refractivity contribution < 1.29 is 9.59 Å². The Hall–Kier alpha value is -2.40. The summed E-state index contributed by atoms with van der Waals surface area (Å²) in [6.45, 7) is 0.508. The highest BCUT2D eigenvalue weighted by atomic mass is 35.5. The number of nitrogens with zero attached hydrogens (tertiary/aromatic N) is 2. The Labute approximate surface area is 164 Å². The second-order valence-corrected chi connectivity index (χ2v) is 7.24. The summed E-state index contributed by atoms with van der Waals surface area (Å²) in [6.07, 6.45) is 6.68. The quantitative estimate of drug-likeness (QED) is 0.769. The average Bonchev–Trinajstić information content (AvgIpc) is 2.72. The number of carbonyl (C=O) groups is 2. The summed E-state index contributed by atoms with van der Waals surface area (Å²) >= 11 is 5.83. The number of rotatable bonds is 6. The summed E-state index contributed by atoms with van der Waals surface area (Å²) in [5.41, 5.74) is 1.49. The summed E-state index contributed by atoms with van der Waals surface area (Å²) < 4.78 is 0. The van der Waals surface area contributed by atoms with Crippen molar-refractivity contribution in [3.63, 3.8) is 0 Å². The third-order valence-corrected chi connectivity index (χ3v) is 5.12. The Kier molecular flexibility index (Phi) is 6.82. The number of hydrogen-bond acceptors (Lipinski definition) is 3. The molecule has 1 heterocycles. The Morgan fingerprint density at radius 2 is 1.81 bits per heavy atom. The van der Waals surface area contributed by atoms with Crippen LogP contribution in [0.3, 0.4) is 0 Å². The molecule has 0 aliphatic heterocycles. The Balaban J connectivity index is 1.68. The summed E-state index contributed by atoms with van der Waals surface area (Å²) in [4.78, 5) is 31.2. The molecule has 1 fully saturated rings. The summed E-state index contributed by atoms with van der Waals surface area (Å²) in [5.74, 6) is -0.319. The molecule has 0 spiro atoms. The van der Waals surface area contributed by atoms with Gasteiger partial charge in [-0.1, -0.05) is 61.2 Å². The van der Waals surface area contributed by atoms with E-state index >= 15 is 0 Å². The van der Waals surface area contributed by atoms with E-state index in [9.17, 15) is 9.59 Å². The number of halogens is 1. The lowest BCUT2D eigenvalue weighted by Crippen LogP contribution is -2.47. The van der Waals surface area contributed by atoms with Crippen LogP contribution in [0.25, 0.3) is 0 Å². The number of aromatic nitrogens is 1. The molecule has 1 aromatic heterocycles. The van der Waals surface area contributed by atoms with Crippen LogP contribution >= 0.6 is 11.6 Å². The number of nitrogens with one attached hydrogen (secondary N) is 1. The van der Waals surface area contributed by atoms with Crippen LogP contribution in [0.2, 0.25) is 5.15 Å². The fourth-order valence-electron chi connectivity index (χ4n) is 3.43.